The first-order valence-electron chi connectivity index (χ1n) is 7.06. The number of rotatable bonds is 3. The van der Waals surface area contributed by atoms with Gasteiger partial charge in [0.2, 0.25) is 0 Å². The summed E-state index contributed by atoms with van der Waals surface area (Å²) in [5.41, 5.74) is 6.85. The van der Waals surface area contributed by atoms with Crippen LogP contribution in [0.1, 0.15) is 10.5 Å². The van der Waals surface area contributed by atoms with E-state index in [4.69, 9.17) is 5.73 Å². The van der Waals surface area contributed by atoms with Crippen LogP contribution in [0.4, 0.5) is 11.5 Å². The predicted molar refractivity (Wildman–Crippen MR) is 83.6 cm³/mol. The second-order valence-electron chi connectivity index (χ2n) is 5.05. The molecular weight excluding hydrogens is 264 g/mol. The smallest absolute Gasteiger partial charge is 0.267 e. The van der Waals surface area contributed by atoms with E-state index in [1.807, 2.05) is 18.2 Å². The highest BCUT2D eigenvalue weighted by atomic mass is 16.1. The molecule has 2 aromatic rings. The van der Waals surface area contributed by atoms with Gasteiger partial charge in [-0.1, -0.05) is 24.3 Å². The maximum Gasteiger partial charge on any atom is 0.267 e. The van der Waals surface area contributed by atoms with E-state index < -0.39 is 5.91 Å². The van der Waals surface area contributed by atoms with Gasteiger partial charge in [-0.3, -0.25) is 4.79 Å². The Morgan fingerprint density at radius 2 is 1.57 bits per heavy atom. The third kappa shape index (κ3) is 2.97. The molecule has 1 amide bonds. The molecule has 0 saturated carbocycles. The van der Waals surface area contributed by atoms with Gasteiger partial charge < -0.3 is 15.5 Å². The molecule has 0 bridgehead atoms. The van der Waals surface area contributed by atoms with E-state index in [1.54, 1.807) is 6.07 Å². The average Bonchev–Trinajstić information content (AvgIpc) is 2.56. The quantitative estimate of drug-likeness (QED) is 0.927. The van der Waals surface area contributed by atoms with E-state index in [0.29, 0.717) is 5.69 Å². The van der Waals surface area contributed by atoms with Gasteiger partial charge in [-0.25, -0.2) is 4.98 Å². The monoisotopic (exact) mass is 282 g/mol. The van der Waals surface area contributed by atoms with Gasteiger partial charge in [-0.15, -0.1) is 0 Å². The molecule has 0 unspecified atom stereocenters. The van der Waals surface area contributed by atoms with Crippen LogP contribution in [0, 0.1) is 0 Å². The first-order chi connectivity index (χ1) is 10.2. The van der Waals surface area contributed by atoms with Crippen LogP contribution in [0.2, 0.25) is 0 Å². The van der Waals surface area contributed by atoms with Crippen molar-refractivity contribution in [3.63, 3.8) is 0 Å². The Kier molecular flexibility index (Phi) is 3.73. The second-order valence-corrected chi connectivity index (χ2v) is 5.05. The lowest BCUT2D eigenvalue weighted by atomic mass is 10.2. The number of benzene rings is 1. The molecule has 1 saturated heterocycles. The fraction of sp³-hybridized carbons (Fsp3) is 0.250. The molecule has 108 valence electrons. The van der Waals surface area contributed by atoms with Crippen LogP contribution >= 0.6 is 0 Å². The van der Waals surface area contributed by atoms with E-state index in [9.17, 15) is 4.79 Å². The lowest BCUT2D eigenvalue weighted by Crippen LogP contribution is -2.46. The number of pyridine rings is 1. The number of hydrogen-bond donors (Lipinski definition) is 1. The van der Waals surface area contributed by atoms with Crippen molar-refractivity contribution in [1.82, 2.24) is 4.98 Å². The van der Waals surface area contributed by atoms with Crippen molar-refractivity contribution >= 4 is 17.4 Å². The lowest BCUT2D eigenvalue weighted by molar-refractivity contribution is 0.0995. The van der Waals surface area contributed by atoms with E-state index in [-0.39, 0.29) is 0 Å². The maximum absolute atomic E-state index is 11.2. The van der Waals surface area contributed by atoms with Gasteiger partial charge in [0, 0.05) is 31.9 Å². The molecule has 2 heterocycles. The van der Waals surface area contributed by atoms with E-state index in [1.165, 1.54) is 5.69 Å². The minimum atomic E-state index is -0.486. The summed E-state index contributed by atoms with van der Waals surface area (Å²) in [5, 5.41) is 0. The Bertz CT molecular complexity index is 621. The van der Waals surface area contributed by atoms with Gasteiger partial charge in [-0.05, 0) is 24.3 Å². The Morgan fingerprint density at radius 3 is 2.24 bits per heavy atom. The third-order valence-electron chi connectivity index (χ3n) is 3.71. The zero-order valence-corrected chi connectivity index (χ0v) is 11.8. The molecule has 1 aromatic heterocycles. The number of anilines is 2. The average molecular weight is 282 g/mol. The molecule has 0 atom stereocenters. The van der Waals surface area contributed by atoms with Crippen molar-refractivity contribution < 1.29 is 4.79 Å². The largest absolute Gasteiger partial charge is 0.368 e. The van der Waals surface area contributed by atoms with Gasteiger partial charge >= 0.3 is 0 Å². The molecule has 1 aliphatic rings. The number of primary amides is 1. The summed E-state index contributed by atoms with van der Waals surface area (Å²) in [6, 6.07) is 15.8. The first kappa shape index (κ1) is 13.4. The van der Waals surface area contributed by atoms with Crippen LogP contribution in [-0.4, -0.2) is 37.1 Å². The Balaban J connectivity index is 1.68. The molecule has 1 aromatic carbocycles. The first-order valence-corrected chi connectivity index (χ1v) is 7.06. The summed E-state index contributed by atoms with van der Waals surface area (Å²) < 4.78 is 0. The minimum Gasteiger partial charge on any atom is -0.368 e. The van der Waals surface area contributed by atoms with Crippen molar-refractivity contribution in [2.24, 2.45) is 5.73 Å². The van der Waals surface area contributed by atoms with Crippen molar-refractivity contribution in [2.75, 3.05) is 36.0 Å². The number of carbonyl (C=O) groups is 1. The normalized spacial score (nSPS) is 15.0. The van der Waals surface area contributed by atoms with Crippen LogP contribution in [0.3, 0.4) is 0 Å². The van der Waals surface area contributed by atoms with Crippen molar-refractivity contribution in [1.29, 1.82) is 0 Å². The summed E-state index contributed by atoms with van der Waals surface area (Å²) in [7, 11) is 0. The fourth-order valence-electron chi connectivity index (χ4n) is 2.57. The molecular formula is C16H18N4O. The minimum absolute atomic E-state index is 0.318. The van der Waals surface area contributed by atoms with E-state index >= 15 is 0 Å². The summed E-state index contributed by atoms with van der Waals surface area (Å²) in [4.78, 5) is 20.1. The zero-order chi connectivity index (χ0) is 14.7. The predicted octanol–water partition coefficient (Wildman–Crippen LogP) is 1.51. The number of piperazine rings is 1. The van der Waals surface area contributed by atoms with E-state index in [2.05, 4.69) is 39.0 Å². The van der Waals surface area contributed by atoms with Crippen LogP contribution in [0.15, 0.2) is 48.5 Å². The van der Waals surface area contributed by atoms with Gasteiger partial charge in [0.05, 0.1) is 0 Å². The molecule has 5 nitrogen and oxygen atoms in total. The number of nitrogens with two attached hydrogens (primary N) is 1. The zero-order valence-electron chi connectivity index (χ0n) is 11.8. The maximum atomic E-state index is 11.2. The highest BCUT2D eigenvalue weighted by Gasteiger charge is 2.18. The highest BCUT2D eigenvalue weighted by Crippen LogP contribution is 2.19. The Labute approximate surface area is 124 Å². The number of nitrogens with zero attached hydrogens (tertiary/aromatic N) is 3. The Hall–Kier alpha value is -2.56. The third-order valence-corrected chi connectivity index (χ3v) is 3.71. The molecule has 2 N–H and O–H groups in total. The summed E-state index contributed by atoms with van der Waals surface area (Å²) in [6.45, 7) is 3.63. The van der Waals surface area contributed by atoms with Gasteiger partial charge in [0.1, 0.15) is 11.5 Å². The van der Waals surface area contributed by atoms with Crippen molar-refractivity contribution in [2.45, 2.75) is 0 Å². The number of carbonyl (C=O) groups excluding carboxylic acids is 1. The molecule has 1 fully saturated rings. The Morgan fingerprint density at radius 1 is 0.905 bits per heavy atom. The van der Waals surface area contributed by atoms with Crippen LogP contribution < -0.4 is 15.5 Å². The van der Waals surface area contributed by atoms with Crippen molar-refractivity contribution in [3.05, 3.63) is 54.2 Å². The molecule has 0 radical (unpaired) electrons. The number of para-hydroxylation sites is 1. The fourth-order valence-corrected chi connectivity index (χ4v) is 2.57. The lowest BCUT2D eigenvalue weighted by Gasteiger charge is -2.36. The summed E-state index contributed by atoms with van der Waals surface area (Å²) >= 11 is 0. The highest BCUT2D eigenvalue weighted by molar-refractivity contribution is 5.91. The standard InChI is InChI=1S/C16H18N4O/c17-16(21)14-7-4-8-15(18-14)20-11-9-19(10-12-20)13-5-2-1-3-6-13/h1-8H,9-12H2,(H2,17,21). The van der Waals surface area contributed by atoms with Crippen molar-refractivity contribution in [3.8, 4) is 0 Å². The van der Waals surface area contributed by atoms with Crippen LogP contribution in [0.5, 0.6) is 0 Å². The number of aromatic nitrogens is 1. The van der Waals surface area contributed by atoms with E-state index in [0.717, 1.165) is 32.0 Å². The van der Waals surface area contributed by atoms with Gasteiger partial charge in [0.25, 0.3) is 5.91 Å². The number of hydrogen-bond acceptors (Lipinski definition) is 4. The summed E-state index contributed by atoms with van der Waals surface area (Å²) in [5.74, 6) is 0.332. The number of amides is 1. The summed E-state index contributed by atoms with van der Waals surface area (Å²) in [6.07, 6.45) is 0. The molecule has 0 spiro atoms. The van der Waals surface area contributed by atoms with Crippen LogP contribution in [0.25, 0.3) is 0 Å². The molecule has 5 heteroatoms. The van der Waals surface area contributed by atoms with Gasteiger partial charge in [0.15, 0.2) is 0 Å². The molecule has 1 aliphatic heterocycles. The molecule has 21 heavy (non-hydrogen) atoms. The topological polar surface area (TPSA) is 62.5 Å². The molecule has 3 rings (SSSR count). The van der Waals surface area contributed by atoms with Crippen LogP contribution in [-0.2, 0) is 0 Å². The SMILES string of the molecule is NC(=O)c1cccc(N2CCN(c3ccccc3)CC2)n1. The van der Waals surface area contributed by atoms with Gasteiger partial charge in [-0.2, -0.15) is 0 Å². The molecule has 0 aliphatic carbocycles. The second kappa shape index (κ2) is 5.83.